The Balaban J connectivity index is 1.37. The third-order valence-corrected chi connectivity index (χ3v) is 9.73. The highest BCUT2D eigenvalue weighted by atomic mass is 16.8. The molecule has 5 aliphatic rings. The number of aliphatic hydroxyl groups is 2. The Bertz CT molecular complexity index is 1140. The van der Waals surface area contributed by atoms with Crippen molar-refractivity contribution in [1.82, 2.24) is 0 Å². The third kappa shape index (κ3) is 4.04. The monoisotopic (exact) mass is 534 g/mol. The zero-order chi connectivity index (χ0) is 26.7. The predicted molar refractivity (Wildman–Crippen MR) is 142 cm³/mol. The molecule has 0 unspecified atom stereocenters. The van der Waals surface area contributed by atoms with Crippen molar-refractivity contribution >= 4 is 5.78 Å². The number of carbonyl (C=O) groups excluding carboxylic acids is 1. The van der Waals surface area contributed by atoms with Gasteiger partial charge in [0.1, 0.15) is 30.0 Å². The number of hydrogen-bond acceptors (Lipinski definition) is 7. The Morgan fingerprint density at radius 2 is 1.08 bits per heavy atom. The molecule has 7 rings (SSSR count). The standard InChI is InChI=1S/C32H38O7/c33-24(23-15-7-2-8-16-23)32(35)27-25(36-29(38-27)17-9-3-10-18-29)31(34,21-22-13-5-1-6-14-22)26-28(32)39-30(37-26)19-11-4-12-20-30/h1-2,5-8,13-16,25-28,34-35H,3-4,9-12,17-21H2/t25-,26+,27-,28-,31+,32+/m1/s1. The minimum Gasteiger partial charge on any atom is -0.384 e. The summed E-state index contributed by atoms with van der Waals surface area (Å²) >= 11 is 0. The van der Waals surface area contributed by atoms with E-state index in [2.05, 4.69) is 0 Å². The van der Waals surface area contributed by atoms with Crippen LogP contribution in [0, 0.1) is 0 Å². The van der Waals surface area contributed by atoms with Gasteiger partial charge in [-0.3, -0.25) is 4.79 Å². The van der Waals surface area contributed by atoms with Gasteiger partial charge in [-0.25, -0.2) is 0 Å². The van der Waals surface area contributed by atoms with E-state index in [1.807, 2.05) is 36.4 Å². The minimum absolute atomic E-state index is 0.227. The van der Waals surface area contributed by atoms with Gasteiger partial charge in [-0.05, 0) is 31.2 Å². The molecule has 2 N–H and O–H groups in total. The smallest absolute Gasteiger partial charge is 0.199 e. The molecule has 3 saturated carbocycles. The van der Waals surface area contributed by atoms with Crippen molar-refractivity contribution < 1.29 is 34.0 Å². The summed E-state index contributed by atoms with van der Waals surface area (Å²) in [5, 5.41) is 25.4. The summed E-state index contributed by atoms with van der Waals surface area (Å²) in [5.41, 5.74) is -2.39. The number of ether oxygens (including phenoxy) is 4. The van der Waals surface area contributed by atoms with Gasteiger partial charge in [0.25, 0.3) is 0 Å². The molecule has 208 valence electrons. The SMILES string of the molecule is O=C(c1ccccc1)[C@]1(O)[C@@H]2OC3(CCCCC3)O[C@H]2[C@@](O)(Cc2ccccc2)[C@H]2OC3(CCCCC3)O[C@H]21. The number of benzene rings is 2. The minimum atomic E-state index is -2.10. The van der Waals surface area contributed by atoms with E-state index >= 15 is 0 Å². The van der Waals surface area contributed by atoms with Crippen LogP contribution in [0.1, 0.15) is 80.1 Å². The maximum absolute atomic E-state index is 14.3. The van der Waals surface area contributed by atoms with Crippen LogP contribution < -0.4 is 0 Å². The largest absolute Gasteiger partial charge is 0.384 e. The van der Waals surface area contributed by atoms with Crippen molar-refractivity contribution in [3.63, 3.8) is 0 Å². The highest BCUT2D eigenvalue weighted by Gasteiger charge is 2.77. The molecule has 6 atom stereocenters. The van der Waals surface area contributed by atoms with Crippen LogP contribution in [-0.4, -0.2) is 63.2 Å². The molecule has 39 heavy (non-hydrogen) atoms. The fraction of sp³-hybridized carbons (Fsp3) is 0.594. The zero-order valence-electron chi connectivity index (χ0n) is 22.3. The molecule has 2 heterocycles. The number of fused-ring (bicyclic) bond motifs is 2. The quantitative estimate of drug-likeness (QED) is 0.559. The van der Waals surface area contributed by atoms with Crippen molar-refractivity contribution in [2.45, 2.75) is 118 Å². The molecule has 7 heteroatoms. The zero-order valence-corrected chi connectivity index (χ0v) is 22.3. The average Bonchev–Trinajstić information content (AvgIpc) is 3.54. The molecular weight excluding hydrogens is 496 g/mol. The Morgan fingerprint density at radius 3 is 1.56 bits per heavy atom. The van der Waals surface area contributed by atoms with E-state index in [0.29, 0.717) is 31.2 Å². The first-order chi connectivity index (χ1) is 18.9. The summed E-state index contributed by atoms with van der Waals surface area (Å²) in [6.07, 6.45) is 4.49. The number of rotatable bonds is 4. The maximum Gasteiger partial charge on any atom is 0.199 e. The van der Waals surface area contributed by atoms with Gasteiger partial charge in [0.05, 0.1) is 0 Å². The second kappa shape index (κ2) is 9.47. The van der Waals surface area contributed by atoms with Crippen molar-refractivity contribution in [1.29, 1.82) is 0 Å². The summed E-state index contributed by atoms with van der Waals surface area (Å²) in [6.45, 7) is 0. The Kier molecular flexibility index (Phi) is 6.27. The Morgan fingerprint density at radius 1 is 0.641 bits per heavy atom. The molecule has 0 amide bonds. The van der Waals surface area contributed by atoms with Gasteiger partial charge in [-0.2, -0.15) is 0 Å². The number of carbonyl (C=O) groups is 1. The van der Waals surface area contributed by atoms with Crippen LogP contribution >= 0.6 is 0 Å². The van der Waals surface area contributed by atoms with E-state index in [4.69, 9.17) is 18.9 Å². The molecule has 7 nitrogen and oxygen atoms in total. The van der Waals surface area contributed by atoms with Crippen LogP contribution in [0.2, 0.25) is 0 Å². The molecule has 3 aliphatic carbocycles. The molecule has 0 aromatic heterocycles. The third-order valence-electron chi connectivity index (χ3n) is 9.73. The number of ketones is 1. The second-order valence-electron chi connectivity index (χ2n) is 12.3. The highest BCUT2D eigenvalue weighted by Crippen LogP contribution is 2.58. The summed E-state index contributed by atoms with van der Waals surface area (Å²) in [4.78, 5) is 14.3. The van der Waals surface area contributed by atoms with E-state index in [9.17, 15) is 15.0 Å². The average molecular weight is 535 g/mol. The molecule has 2 aromatic rings. The fourth-order valence-electron chi connectivity index (χ4n) is 7.78. The lowest BCUT2D eigenvalue weighted by atomic mass is 9.64. The number of hydrogen-bond donors (Lipinski definition) is 2. The maximum atomic E-state index is 14.3. The van der Waals surface area contributed by atoms with Gasteiger partial charge in [0, 0.05) is 37.7 Å². The summed E-state index contributed by atoms with van der Waals surface area (Å²) in [5.74, 6) is -2.39. The van der Waals surface area contributed by atoms with E-state index in [0.717, 1.165) is 44.1 Å². The molecule has 2 saturated heterocycles. The van der Waals surface area contributed by atoms with Crippen LogP contribution in [0.4, 0.5) is 0 Å². The van der Waals surface area contributed by atoms with Crippen molar-refractivity contribution in [3.05, 3.63) is 71.8 Å². The van der Waals surface area contributed by atoms with Crippen LogP contribution in [-0.2, 0) is 25.4 Å². The van der Waals surface area contributed by atoms with Crippen molar-refractivity contribution in [2.75, 3.05) is 0 Å². The Hall–Kier alpha value is -2.13. The van der Waals surface area contributed by atoms with Gasteiger partial charge >= 0.3 is 0 Å². The van der Waals surface area contributed by atoms with Gasteiger partial charge in [-0.1, -0.05) is 73.5 Å². The molecule has 2 aliphatic heterocycles. The summed E-state index contributed by atoms with van der Waals surface area (Å²) in [6, 6.07) is 18.6. The fourth-order valence-corrected chi connectivity index (χ4v) is 7.78. The summed E-state index contributed by atoms with van der Waals surface area (Å²) < 4.78 is 26.8. The number of Topliss-reactive ketones (excluding diaryl/α,β-unsaturated/α-hetero) is 1. The molecule has 0 bridgehead atoms. The lowest BCUT2D eigenvalue weighted by Crippen LogP contribution is -2.77. The van der Waals surface area contributed by atoms with Crippen molar-refractivity contribution in [3.8, 4) is 0 Å². The van der Waals surface area contributed by atoms with E-state index in [1.165, 1.54) is 0 Å². The van der Waals surface area contributed by atoms with Gasteiger partial charge in [0.2, 0.25) is 0 Å². The first-order valence-corrected chi connectivity index (χ1v) is 14.7. The molecule has 0 radical (unpaired) electrons. The van der Waals surface area contributed by atoms with Gasteiger partial charge < -0.3 is 29.2 Å². The van der Waals surface area contributed by atoms with Crippen molar-refractivity contribution in [2.24, 2.45) is 0 Å². The van der Waals surface area contributed by atoms with E-state index in [-0.39, 0.29) is 6.42 Å². The van der Waals surface area contributed by atoms with Gasteiger partial charge in [-0.15, -0.1) is 0 Å². The van der Waals surface area contributed by atoms with Crippen LogP contribution in [0.3, 0.4) is 0 Å². The summed E-state index contributed by atoms with van der Waals surface area (Å²) in [7, 11) is 0. The first-order valence-electron chi connectivity index (χ1n) is 14.7. The van der Waals surface area contributed by atoms with Crippen LogP contribution in [0.5, 0.6) is 0 Å². The molecule has 5 fully saturated rings. The molecular formula is C32H38O7. The topological polar surface area (TPSA) is 94.5 Å². The van der Waals surface area contributed by atoms with E-state index < -0.39 is 53.0 Å². The van der Waals surface area contributed by atoms with Crippen LogP contribution in [0.25, 0.3) is 0 Å². The predicted octanol–water partition coefficient (Wildman–Crippen LogP) is 4.48. The highest BCUT2D eigenvalue weighted by molar-refractivity contribution is 6.03. The lowest BCUT2D eigenvalue weighted by Gasteiger charge is -2.51. The Labute approximate surface area is 229 Å². The molecule has 2 spiro atoms. The molecule has 2 aromatic carbocycles. The second-order valence-corrected chi connectivity index (χ2v) is 12.3. The van der Waals surface area contributed by atoms with Crippen LogP contribution in [0.15, 0.2) is 60.7 Å². The van der Waals surface area contributed by atoms with E-state index in [1.54, 1.807) is 24.3 Å². The first kappa shape index (κ1) is 25.8. The normalized spacial score (nSPS) is 38.4. The lowest BCUT2D eigenvalue weighted by molar-refractivity contribution is -0.241. The van der Waals surface area contributed by atoms with Gasteiger partial charge in [0.15, 0.2) is 23.0 Å².